The van der Waals surface area contributed by atoms with E-state index in [2.05, 4.69) is 62.3 Å². The highest BCUT2D eigenvalue weighted by molar-refractivity contribution is 9.10. The largest absolute Gasteiger partial charge is 0.300 e. The Morgan fingerprint density at radius 2 is 2.22 bits per heavy atom. The van der Waals surface area contributed by atoms with Crippen molar-refractivity contribution in [2.75, 3.05) is 13.1 Å². The molecule has 1 fully saturated rings. The minimum absolute atomic E-state index is 0.550. The van der Waals surface area contributed by atoms with Crippen molar-refractivity contribution < 1.29 is 0 Å². The fraction of sp³-hybridized carbons (Fsp3) is 0.500. The summed E-state index contributed by atoms with van der Waals surface area (Å²) in [7, 11) is 0. The fourth-order valence-corrected chi connectivity index (χ4v) is 3.33. The van der Waals surface area contributed by atoms with Crippen LogP contribution in [-0.4, -0.2) is 33.4 Å². The van der Waals surface area contributed by atoms with E-state index in [-0.39, 0.29) is 0 Å². The number of fused-ring (bicyclic) bond motifs is 1. The molecule has 1 aliphatic rings. The van der Waals surface area contributed by atoms with Gasteiger partial charge in [-0.15, -0.1) is 0 Å². The van der Waals surface area contributed by atoms with Crippen LogP contribution in [0.5, 0.6) is 0 Å². The van der Waals surface area contributed by atoms with Crippen molar-refractivity contribution >= 4 is 21.4 Å². The van der Waals surface area contributed by atoms with Crippen molar-refractivity contribution in [1.82, 2.24) is 14.3 Å². The van der Waals surface area contributed by atoms with Crippen molar-refractivity contribution in [2.24, 2.45) is 0 Å². The first-order valence-corrected chi connectivity index (χ1v) is 7.32. The van der Waals surface area contributed by atoms with Crippen LogP contribution in [-0.2, 0) is 0 Å². The molecule has 18 heavy (non-hydrogen) atoms. The highest BCUT2D eigenvalue weighted by atomic mass is 79.9. The molecule has 3 heterocycles. The lowest BCUT2D eigenvalue weighted by molar-refractivity contribution is 0.272. The Balaban J connectivity index is 1.96. The Morgan fingerprint density at radius 1 is 1.39 bits per heavy atom. The summed E-state index contributed by atoms with van der Waals surface area (Å²) in [6, 6.07) is 6.87. The second-order valence-corrected chi connectivity index (χ2v) is 6.11. The van der Waals surface area contributed by atoms with Gasteiger partial charge in [0.25, 0.3) is 0 Å². The van der Waals surface area contributed by atoms with Crippen LogP contribution in [0, 0.1) is 0 Å². The summed E-state index contributed by atoms with van der Waals surface area (Å²) in [4.78, 5) is 7.17. The van der Waals surface area contributed by atoms with E-state index in [0.717, 1.165) is 11.1 Å². The molecule has 0 aliphatic carbocycles. The Kier molecular flexibility index (Phi) is 3.16. The monoisotopic (exact) mass is 307 g/mol. The first kappa shape index (κ1) is 12.2. The first-order chi connectivity index (χ1) is 8.66. The van der Waals surface area contributed by atoms with Gasteiger partial charge in [0.05, 0.1) is 16.3 Å². The van der Waals surface area contributed by atoms with Crippen LogP contribution in [0.4, 0.5) is 0 Å². The van der Waals surface area contributed by atoms with E-state index < -0.39 is 0 Å². The van der Waals surface area contributed by atoms with Gasteiger partial charge < -0.3 is 4.90 Å². The molecule has 0 saturated carbocycles. The number of likely N-dealkylation sites (tertiary alicyclic amines) is 1. The SMILES string of the molecule is CC(C)N1CCC(c2ncc3cccc(Br)n23)C1. The average molecular weight is 308 g/mol. The highest BCUT2D eigenvalue weighted by Crippen LogP contribution is 2.29. The van der Waals surface area contributed by atoms with Gasteiger partial charge in [0.15, 0.2) is 0 Å². The van der Waals surface area contributed by atoms with Crippen LogP contribution in [0.3, 0.4) is 0 Å². The minimum Gasteiger partial charge on any atom is -0.300 e. The molecule has 2 aromatic heterocycles. The molecule has 0 aromatic carbocycles. The van der Waals surface area contributed by atoms with Gasteiger partial charge in [-0.1, -0.05) is 6.07 Å². The van der Waals surface area contributed by atoms with Crippen molar-refractivity contribution in [3.05, 3.63) is 34.8 Å². The van der Waals surface area contributed by atoms with E-state index in [0.29, 0.717) is 12.0 Å². The Hall–Kier alpha value is -0.870. The predicted octanol–water partition coefficient (Wildman–Crippen LogP) is 3.29. The maximum atomic E-state index is 4.64. The van der Waals surface area contributed by atoms with Crippen molar-refractivity contribution in [3.63, 3.8) is 0 Å². The summed E-state index contributed by atoms with van der Waals surface area (Å²) in [5.74, 6) is 1.74. The lowest BCUT2D eigenvalue weighted by atomic mass is 10.1. The summed E-state index contributed by atoms with van der Waals surface area (Å²) in [5, 5.41) is 0. The third kappa shape index (κ3) is 1.97. The second-order valence-electron chi connectivity index (χ2n) is 5.30. The summed E-state index contributed by atoms with van der Waals surface area (Å²) < 4.78 is 3.32. The molecule has 1 saturated heterocycles. The maximum absolute atomic E-state index is 4.64. The molecule has 3 nitrogen and oxygen atoms in total. The molecule has 96 valence electrons. The smallest absolute Gasteiger partial charge is 0.118 e. The Labute approximate surface area is 116 Å². The topological polar surface area (TPSA) is 20.5 Å². The van der Waals surface area contributed by atoms with E-state index in [1.807, 2.05) is 6.20 Å². The summed E-state index contributed by atoms with van der Waals surface area (Å²) in [6.07, 6.45) is 3.18. The fourth-order valence-electron chi connectivity index (χ4n) is 2.79. The van der Waals surface area contributed by atoms with Gasteiger partial charge in [0, 0.05) is 18.5 Å². The number of halogens is 1. The van der Waals surface area contributed by atoms with E-state index in [4.69, 9.17) is 0 Å². The van der Waals surface area contributed by atoms with E-state index >= 15 is 0 Å². The van der Waals surface area contributed by atoms with E-state index in [9.17, 15) is 0 Å². The van der Waals surface area contributed by atoms with Gasteiger partial charge in [-0.25, -0.2) is 4.98 Å². The molecule has 0 spiro atoms. The second kappa shape index (κ2) is 4.67. The number of rotatable bonds is 2. The molecule has 0 amide bonds. The summed E-state index contributed by atoms with van der Waals surface area (Å²) >= 11 is 3.63. The summed E-state index contributed by atoms with van der Waals surface area (Å²) in [6.45, 7) is 6.84. The van der Waals surface area contributed by atoms with E-state index in [1.54, 1.807) is 0 Å². The Morgan fingerprint density at radius 3 is 2.94 bits per heavy atom. The number of hydrogen-bond acceptors (Lipinski definition) is 2. The van der Waals surface area contributed by atoms with Gasteiger partial charge in [-0.05, 0) is 54.9 Å². The molecular formula is C14H18BrN3. The maximum Gasteiger partial charge on any atom is 0.118 e. The molecule has 3 rings (SSSR count). The minimum atomic E-state index is 0.550. The van der Waals surface area contributed by atoms with Crippen molar-refractivity contribution in [2.45, 2.75) is 32.2 Å². The molecule has 0 N–H and O–H groups in total. The zero-order valence-electron chi connectivity index (χ0n) is 10.8. The summed E-state index contributed by atoms with van der Waals surface area (Å²) in [5.41, 5.74) is 1.17. The number of nitrogens with zero attached hydrogens (tertiary/aromatic N) is 3. The molecular weight excluding hydrogens is 290 g/mol. The predicted molar refractivity (Wildman–Crippen MR) is 77.0 cm³/mol. The van der Waals surface area contributed by atoms with Gasteiger partial charge in [-0.2, -0.15) is 0 Å². The first-order valence-electron chi connectivity index (χ1n) is 6.52. The van der Waals surface area contributed by atoms with Crippen LogP contribution in [0.25, 0.3) is 5.52 Å². The third-order valence-corrected chi connectivity index (χ3v) is 4.46. The van der Waals surface area contributed by atoms with Crippen molar-refractivity contribution in [3.8, 4) is 0 Å². The van der Waals surface area contributed by atoms with Gasteiger partial charge in [0.1, 0.15) is 5.82 Å². The van der Waals surface area contributed by atoms with Crippen LogP contribution in [0.15, 0.2) is 29.0 Å². The molecule has 1 atom stereocenters. The molecule has 2 aromatic rings. The number of hydrogen-bond donors (Lipinski definition) is 0. The molecule has 4 heteroatoms. The normalized spacial score (nSPS) is 21.2. The standard InChI is InChI=1S/C14H18BrN3/c1-10(2)17-7-6-11(9-17)14-16-8-12-4-3-5-13(15)18(12)14/h3-5,8,10-11H,6-7,9H2,1-2H3. The number of aromatic nitrogens is 2. The lowest BCUT2D eigenvalue weighted by Crippen LogP contribution is -2.28. The molecule has 1 unspecified atom stereocenters. The van der Waals surface area contributed by atoms with Crippen LogP contribution < -0.4 is 0 Å². The third-order valence-electron chi connectivity index (χ3n) is 3.85. The van der Waals surface area contributed by atoms with Gasteiger partial charge in [-0.3, -0.25) is 4.40 Å². The molecule has 1 aliphatic heterocycles. The average Bonchev–Trinajstić information content (AvgIpc) is 2.94. The van der Waals surface area contributed by atoms with E-state index in [1.165, 1.54) is 24.3 Å². The lowest BCUT2D eigenvalue weighted by Gasteiger charge is -2.20. The zero-order chi connectivity index (χ0) is 12.7. The van der Waals surface area contributed by atoms with Crippen LogP contribution in [0.1, 0.15) is 32.0 Å². The highest BCUT2D eigenvalue weighted by Gasteiger charge is 2.28. The van der Waals surface area contributed by atoms with Gasteiger partial charge in [0.2, 0.25) is 0 Å². The van der Waals surface area contributed by atoms with Crippen LogP contribution in [0.2, 0.25) is 0 Å². The van der Waals surface area contributed by atoms with Crippen LogP contribution >= 0.6 is 15.9 Å². The van der Waals surface area contributed by atoms with Crippen molar-refractivity contribution in [1.29, 1.82) is 0 Å². The zero-order valence-corrected chi connectivity index (χ0v) is 12.4. The quantitative estimate of drug-likeness (QED) is 0.794. The number of pyridine rings is 1. The number of imidazole rings is 1. The van der Waals surface area contributed by atoms with Gasteiger partial charge >= 0.3 is 0 Å². The Bertz CT molecular complexity index is 561. The molecule has 0 radical (unpaired) electrons. The molecule has 0 bridgehead atoms.